The van der Waals surface area contributed by atoms with Crippen LogP contribution in [0.1, 0.15) is 20.8 Å². The third-order valence-corrected chi connectivity index (χ3v) is 5.65. The summed E-state index contributed by atoms with van der Waals surface area (Å²) >= 11 is 0. The third-order valence-electron chi connectivity index (χ3n) is 5.65. The first-order valence-corrected chi connectivity index (χ1v) is 10.2. The van der Waals surface area contributed by atoms with E-state index in [-0.39, 0.29) is 6.26 Å². The first-order chi connectivity index (χ1) is 16.9. The summed E-state index contributed by atoms with van der Waals surface area (Å²) in [6, 6.07) is 0. The minimum absolute atomic E-state index is 0.203. The van der Waals surface area contributed by atoms with Crippen LogP contribution in [0.15, 0.2) is 24.0 Å². The summed E-state index contributed by atoms with van der Waals surface area (Å²) in [5, 5.41) is 9.19. The zero-order chi connectivity index (χ0) is 29.8. The molecule has 2 saturated heterocycles. The number of aliphatic hydroxyl groups is 1. The molecule has 2 aliphatic heterocycles. The number of ether oxygens (including phenoxy) is 5. The number of halogens is 10. The van der Waals surface area contributed by atoms with Gasteiger partial charge in [-0.1, -0.05) is 6.58 Å². The molecule has 2 fully saturated rings. The van der Waals surface area contributed by atoms with Crippen LogP contribution in [-0.2, 0) is 33.3 Å². The van der Waals surface area contributed by atoms with Gasteiger partial charge in [0.05, 0.1) is 31.0 Å². The van der Waals surface area contributed by atoms with E-state index in [2.05, 4.69) is 30.3 Å². The standard InChI is InChI=1S/C20H20F10O8/c1-9(2)12(31)38-14(4)8-37-18(16(14,23)24,20(28,29)30)36-5-10(3)13(32)34-6-11-7-35-17(33,15(11,21)22)19(25,26)27/h5,11,33H,1,6-8H2,2-4H3/b10-5+. The average molecular weight is 578 g/mol. The number of esters is 2. The zero-order valence-corrected chi connectivity index (χ0v) is 19.6. The van der Waals surface area contributed by atoms with E-state index in [1.165, 1.54) is 0 Å². The fourth-order valence-electron chi connectivity index (χ4n) is 3.22. The Morgan fingerprint density at radius 1 is 1.03 bits per heavy atom. The Balaban J connectivity index is 2.22. The highest BCUT2D eigenvalue weighted by molar-refractivity contribution is 5.87. The van der Waals surface area contributed by atoms with Crippen LogP contribution in [0.2, 0.25) is 0 Å². The lowest BCUT2D eigenvalue weighted by molar-refractivity contribution is -0.409. The molecule has 0 radical (unpaired) electrons. The van der Waals surface area contributed by atoms with Crippen molar-refractivity contribution < 1.29 is 82.3 Å². The molecule has 0 aromatic carbocycles. The molecule has 18 heteroatoms. The van der Waals surface area contributed by atoms with Crippen LogP contribution in [0.5, 0.6) is 0 Å². The van der Waals surface area contributed by atoms with Crippen LogP contribution in [0.3, 0.4) is 0 Å². The van der Waals surface area contributed by atoms with Crippen molar-refractivity contribution in [2.24, 2.45) is 5.92 Å². The third kappa shape index (κ3) is 4.81. The maximum Gasteiger partial charge on any atom is 0.462 e. The van der Waals surface area contributed by atoms with E-state index in [9.17, 15) is 49.8 Å². The maximum absolute atomic E-state index is 15.1. The molecule has 4 atom stereocenters. The van der Waals surface area contributed by atoms with Crippen molar-refractivity contribution in [3.63, 3.8) is 0 Å². The molecule has 2 rings (SSSR count). The number of alkyl halides is 10. The number of hydrogen-bond acceptors (Lipinski definition) is 8. The van der Waals surface area contributed by atoms with E-state index < -0.39 is 90.2 Å². The fraction of sp³-hybridized carbons (Fsp3) is 0.700. The van der Waals surface area contributed by atoms with Gasteiger partial charge in [-0.05, 0) is 20.8 Å². The van der Waals surface area contributed by atoms with E-state index in [0.29, 0.717) is 13.8 Å². The highest BCUT2D eigenvalue weighted by atomic mass is 19.4. The highest BCUT2D eigenvalue weighted by Crippen LogP contribution is 2.57. The quantitative estimate of drug-likeness (QED) is 0.211. The van der Waals surface area contributed by atoms with Crippen LogP contribution in [0, 0.1) is 5.92 Å². The molecule has 38 heavy (non-hydrogen) atoms. The summed E-state index contributed by atoms with van der Waals surface area (Å²) in [6.45, 7) is 0.702. The van der Waals surface area contributed by atoms with Crippen molar-refractivity contribution >= 4 is 11.9 Å². The summed E-state index contributed by atoms with van der Waals surface area (Å²) in [4.78, 5) is 23.7. The van der Waals surface area contributed by atoms with Gasteiger partial charge in [-0.15, -0.1) is 0 Å². The number of hydrogen-bond donors (Lipinski definition) is 1. The van der Waals surface area contributed by atoms with Gasteiger partial charge in [-0.3, -0.25) is 0 Å². The largest absolute Gasteiger partial charge is 0.462 e. The molecule has 0 aromatic rings. The zero-order valence-electron chi connectivity index (χ0n) is 19.6. The molecule has 218 valence electrons. The molecule has 0 saturated carbocycles. The van der Waals surface area contributed by atoms with Gasteiger partial charge >= 0.3 is 47.7 Å². The number of carbonyl (C=O) groups is 2. The van der Waals surface area contributed by atoms with E-state index in [1.54, 1.807) is 0 Å². The summed E-state index contributed by atoms with van der Waals surface area (Å²) in [5.74, 6) is -25.6. The Hall–Kier alpha value is -2.60. The lowest BCUT2D eigenvalue weighted by Gasteiger charge is -2.38. The summed E-state index contributed by atoms with van der Waals surface area (Å²) in [7, 11) is 0. The van der Waals surface area contributed by atoms with Crippen LogP contribution in [0.4, 0.5) is 43.9 Å². The topological polar surface area (TPSA) is 101 Å². The summed E-state index contributed by atoms with van der Waals surface area (Å²) in [5.41, 5.74) is -4.71. The van der Waals surface area contributed by atoms with Crippen LogP contribution in [0.25, 0.3) is 0 Å². The van der Waals surface area contributed by atoms with Crippen molar-refractivity contribution in [2.45, 2.75) is 62.1 Å². The Morgan fingerprint density at radius 2 is 1.58 bits per heavy atom. The molecule has 0 aliphatic carbocycles. The monoisotopic (exact) mass is 578 g/mol. The van der Waals surface area contributed by atoms with Crippen molar-refractivity contribution in [2.75, 3.05) is 19.8 Å². The number of carbonyl (C=O) groups excluding carboxylic acids is 2. The SMILES string of the molecule is C=C(C)C(=O)OC1(C)COC(O/C=C(\C)C(=O)OCC2COC(O)(C(F)(F)F)C2(F)F)(C(F)(F)F)C1(F)F. The van der Waals surface area contributed by atoms with Gasteiger partial charge in [0.15, 0.2) is 0 Å². The van der Waals surface area contributed by atoms with Gasteiger partial charge < -0.3 is 28.8 Å². The Kier molecular flexibility index (Phi) is 7.94. The molecule has 2 aliphatic rings. The van der Waals surface area contributed by atoms with Crippen molar-refractivity contribution in [1.29, 1.82) is 0 Å². The van der Waals surface area contributed by atoms with Crippen molar-refractivity contribution in [3.05, 3.63) is 24.0 Å². The smallest absolute Gasteiger partial charge is 0.462 e. The van der Waals surface area contributed by atoms with Crippen LogP contribution < -0.4 is 0 Å². The number of rotatable bonds is 7. The molecule has 1 N–H and O–H groups in total. The lowest BCUT2D eigenvalue weighted by Crippen LogP contribution is -2.64. The van der Waals surface area contributed by atoms with Gasteiger partial charge in [0, 0.05) is 5.57 Å². The first-order valence-electron chi connectivity index (χ1n) is 10.2. The molecule has 0 bridgehead atoms. The van der Waals surface area contributed by atoms with E-state index >= 15 is 8.78 Å². The van der Waals surface area contributed by atoms with Gasteiger partial charge in [-0.25, -0.2) is 9.59 Å². The maximum atomic E-state index is 15.1. The van der Waals surface area contributed by atoms with Crippen LogP contribution >= 0.6 is 0 Å². The summed E-state index contributed by atoms with van der Waals surface area (Å²) < 4.78 is 159. The first kappa shape index (κ1) is 31.6. The molecule has 8 nitrogen and oxygen atoms in total. The van der Waals surface area contributed by atoms with Crippen molar-refractivity contribution in [3.8, 4) is 0 Å². The Morgan fingerprint density at radius 3 is 2.03 bits per heavy atom. The second-order valence-electron chi connectivity index (χ2n) is 8.67. The molecular formula is C20H20F10O8. The Bertz CT molecular complexity index is 1010. The molecule has 4 unspecified atom stereocenters. The predicted octanol–water partition coefficient (Wildman–Crippen LogP) is 3.78. The normalized spacial score (nSPS) is 33.1. The minimum Gasteiger partial charge on any atom is -0.462 e. The van der Waals surface area contributed by atoms with Crippen LogP contribution in [-0.4, -0.2) is 78.2 Å². The van der Waals surface area contributed by atoms with Gasteiger partial charge in [-0.2, -0.15) is 43.9 Å². The molecular weight excluding hydrogens is 558 g/mol. The fourth-order valence-corrected chi connectivity index (χ4v) is 3.22. The van der Waals surface area contributed by atoms with Crippen molar-refractivity contribution in [1.82, 2.24) is 0 Å². The molecule has 0 amide bonds. The van der Waals surface area contributed by atoms with E-state index in [0.717, 1.165) is 6.92 Å². The summed E-state index contributed by atoms with van der Waals surface area (Å²) in [6.07, 6.45) is -12.2. The Labute approximate surface area is 207 Å². The molecule has 0 aromatic heterocycles. The molecule has 2 heterocycles. The second-order valence-corrected chi connectivity index (χ2v) is 8.67. The van der Waals surface area contributed by atoms with E-state index in [1.807, 2.05) is 0 Å². The van der Waals surface area contributed by atoms with Gasteiger partial charge in [0.1, 0.15) is 6.61 Å². The molecule has 0 spiro atoms. The highest BCUT2D eigenvalue weighted by Gasteiger charge is 2.85. The van der Waals surface area contributed by atoms with E-state index in [4.69, 9.17) is 0 Å². The average Bonchev–Trinajstić information content (AvgIpc) is 3.11. The van der Waals surface area contributed by atoms with Gasteiger partial charge in [0.25, 0.3) is 0 Å². The predicted molar refractivity (Wildman–Crippen MR) is 100 cm³/mol. The van der Waals surface area contributed by atoms with Gasteiger partial charge in [0.2, 0.25) is 5.60 Å². The lowest BCUT2D eigenvalue weighted by atomic mass is 9.94. The second kappa shape index (κ2) is 9.55. The minimum atomic E-state index is -6.02.